The van der Waals surface area contributed by atoms with Crippen LogP contribution in [0.25, 0.3) is 10.9 Å². The van der Waals surface area contributed by atoms with Crippen molar-refractivity contribution in [2.24, 2.45) is 5.92 Å². The van der Waals surface area contributed by atoms with Crippen molar-refractivity contribution in [1.29, 1.82) is 0 Å². The number of rotatable bonds is 4. The topological polar surface area (TPSA) is 42.0 Å². The highest BCUT2D eigenvalue weighted by Crippen LogP contribution is 2.40. The fourth-order valence-corrected chi connectivity index (χ4v) is 3.76. The molecule has 0 radical (unpaired) electrons. The number of alkyl halides is 3. The highest BCUT2D eigenvalue weighted by atomic mass is 35.5. The second-order valence-electron chi connectivity index (χ2n) is 6.89. The molecule has 2 unspecified atom stereocenters. The molecule has 0 saturated heterocycles. The fraction of sp³-hybridized carbons (Fsp3) is 0.238. The number of nitrogens with one attached hydrogen (secondary N) is 1. The van der Waals surface area contributed by atoms with Crippen LogP contribution in [0.3, 0.4) is 0 Å². The Balaban J connectivity index is 1.63. The van der Waals surface area contributed by atoms with Crippen molar-refractivity contribution in [2.45, 2.75) is 18.5 Å². The number of carbonyl (C=O) groups is 1. The van der Waals surface area contributed by atoms with Crippen molar-refractivity contribution in [3.05, 3.63) is 70.9 Å². The number of ketones is 1. The van der Waals surface area contributed by atoms with E-state index in [9.17, 15) is 18.0 Å². The van der Waals surface area contributed by atoms with Gasteiger partial charge in [0.25, 0.3) is 0 Å². The average molecular weight is 405 g/mol. The number of carbonyl (C=O) groups excluding carboxylic acids is 1. The first-order valence-electron chi connectivity index (χ1n) is 8.82. The van der Waals surface area contributed by atoms with Gasteiger partial charge < -0.3 is 5.32 Å². The molecule has 1 N–H and O–H groups in total. The Morgan fingerprint density at radius 3 is 2.54 bits per heavy atom. The highest BCUT2D eigenvalue weighted by Gasteiger charge is 2.40. The number of anilines is 1. The lowest BCUT2D eigenvalue weighted by Crippen LogP contribution is -2.40. The molecule has 1 aromatic heterocycles. The number of benzene rings is 2. The number of aromatic nitrogens is 1. The number of fused-ring (bicyclic) bond motifs is 1. The second-order valence-corrected chi connectivity index (χ2v) is 7.33. The van der Waals surface area contributed by atoms with E-state index in [-0.39, 0.29) is 35.4 Å². The molecule has 1 fully saturated rings. The van der Waals surface area contributed by atoms with Gasteiger partial charge in [-0.25, -0.2) is 4.98 Å². The summed E-state index contributed by atoms with van der Waals surface area (Å²) in [5, 5.41) is 3.93. The molecule has 1 saturated carbocycles. The molecule has 0 spiro atoms. The molecule has 1 aliphatic rings. The zero-order valence-electron chi connectivity index (χ0n) is 14.6. The van der Waals surface area contributed by atoms with E-state index in [0.29, 0.717) is 16.8 Å². The third kappa shape index (κ3) is 3.56. The number of halogens is 4. The summed E-state index contributed by atoms with van der Waals surface area (Å²) in [6, 6.07) is 15.2. The Kier molecular flexibility index (Phi) is 4.75. The van der Waals surface area contributed by atoms with E-state index in [0.717, 1.165) is 11.6 Å². The standard InChI is InChI=1S/C21H16ClF3N2O/c22-13-6-7-17-15(8-13)18(10-20(27-17)21(23,24)25)26-11-16-14(9-19(16)28)12-4-2-1-3-5-12/h1-8,10,14,16H,9,11H2,(H,26,27). The van der Waals surface area contributed by atoms with Crippen LogP contribution in [0, 0.1) is 5.92 Å². The van der Waals surface area contributed by atoms with Gasteiger partial charge in [-0.2, -0.15) is 13.2 Å². The van der Waals surface area contributed by atoms with Gasteiger partial charge in [-0.05, 0) is 29.8 Å². The van der Waals surface area contributed by atoms with Crippen molar-refractivity contribution in [3.63, 3.8) is 0 Å². The van der Waals surface area contributed by atoms with Gasteiger partial charge >= 0.3 is 6.18 Å². The molecule has 3 nitrogen and oxygen atoms in total. The molecule has 0 bridgehead atoms. The second kappa shape index (κ2) is 7.09. The zero-order valence-corrected chi connectivity index (χ0v) is 15.4. The lowest BCUT2D eigenvalue weighted by molar-refractivity contribution is -0.141. The van der Waals surface area contributed by atoms with Crippen LogP contribution in [0.2, 0.25) is 5.02 Å². The monoisotopic (exact) mass is 404 g/mol. The van der Waals surface area contributed by atoms with Gasteiger partial charge in [0.05, 0.1) is 5.52 Å². The SMILES string of the molecule is O=C1CC(c2ccccc2)C1CNc1cc(C(F)(F)F)nc2ccc(Cl)cc12. The van der Waals surface area contributed by atoms with Gasteiger partial charge in [-0.3, -0.25) is 4.79 Å². The molecule has 0 aliphatic heterocycles. The van der Waals surface area contributed by atoms with Crippen molar-refractivity contribution < 1.29 is 18.0 Å². The summed E-state index contributed by atoms with van der Waals surface area (Å²) in [5.74, 6) is -0.104. The minimum absolute atomic E-state index is 0.0694. The largest absolute Gasteiger partial charge is 0.433 e. The summed E-state index contributed by atoms with van der Waals surface area (Å²) in [5.41, 5.74) is 0.546. The molecule has 1 heterocycles. The Morgan fingerprint density at radius 1 is 1.11 bits per heavy atom. The maximum absolute atomic E-state index is 13.2. The van der Waals surface area contributed by atoms with Gasteiger partial charge in [0.1, 0.15) is 11.5 Å². The van der Waals surface area contributed by atoms with Crippen LogP contribution in [-0.2, 0) is 11.0 Å². The molecule has 1 aliphatic carbocycles. The molecule has 4 rings (SSSR count). The summed E-state index contributed by atoms with van der Waals surface area (Å²) in [6.07, 6.45) is -4.11. The van der Waals surface area contributed by atoms with Crippen LogP contribution in [0.1, 0.15) is 23.6 Å². The zero-order chi connectivity index (χ0) is 19.9. The molecule has 7 heteroatoms. The van der Waals surface area contributed by atoms with E-state index in [4.69, 9.17) is 11.6 Å². The van der Waals surface area contributed by atoms with E-state index in [1.165, 1.54) is 12.1 Å². The summed E-state index contributed by atoms with van der Waals surface area (Å²) < 4.78 is 39.7. The fourth-order valence-electron chi connectivity index (χ4n) is 3.59. The van der Waals surface area contributed by atoms with Crippen molar-refractivity contribution in [3.8, 4) is 0 Å². The van der Waals surface area contributed by atoms with Crippen molar-refractivity contribution in [1.82, 2.24) is 4.98 Å². The van der Waals surface area contributed by atoms with Crippen LogP contribution < -0.4 is 5.32 Å². The molecule has 0 amide bonds. The van der Waals surface area contributed by atoms with Gasteiger partial charge in [0, 0.05) is 40.9 Å². The van der Waals surface area contributed by atoms with Crippen molar-refractivity contribution >= 4 is 34.0 Å². The number of hydrogen-bond donors (Lipinski definition) is 1. The smallest absolute Gasteiger partial charge is 0.384 e. The predicted octanol–water partition coefficient (Wildman–Crippen LogP) is 5.69. The van der Waals surface area contributed by atoms with Crippen LogP contribution in [0.4, 0.5) is 18.9 Å². The minimum atomic E-state index is -4.57. The summed E-state index contributed by atoms with van der Waals surface area (Å²) >= 11 is 6.02. The normalized spacial score (nSPS) is 19.5. The first kappa shape index (κ1) is 18.7. The van der Waals surface area contributed by atoms with E-state index in [1.807, 2.05) is 30.3 Å². The number of Topliss-reactive ketones (excluding diaryl/α,β-unsaturated/α-hetero) is 1. The first-order chi connectivity index (χ1) is 13.3. The van der Waals surface area contributed by atoms with E-state index in [1.54, 1.807) is 6.07 Å². The Bertz CT molecular complexity index is 1040. The van der Waals surface area contributed by atoms with Gasteiger partial charge in [-0.15, -0.1) is 0 Å². The number of pyridine rings is 1. The summed E-state index contributed by atoms with van der Waals surface area (Å²) in [4.78, 5) is 15.8. The molecule has 3 aromatic rings. The lowest BCUT2D eigenvalue weighted by Gasteiger charge is -2.35. The third-order valence-electron chi connectivity index (χ3n) is 5.12. The predicted molar refractivity (Wildman–Crippen MR) is 103 cm³/mol. The number of nitrogens with zero attached hydrogens (tertiary/aromatic N) is 1. The Labute approximate surface area is 164 Å². The molecule has 2 atom stereocenters. The van der Waals surface area contributed by atoms with Gasteiger partial charge in [0.2, 0.25) is 0 Å². The summed E-state index contributed by atoms with van der Waals surface area (Å²) in [6.45, 7) is 0.251. The van der Waals surface area contributed by atoms with Gasteiger partial charge in [0.15, 0.2) is 0 Å². The average Bonchev–Trinajstić information content (AvgIpc) is 2.66. The molecule has 2 aromatic carbocycles. The maximum atomic E-state index is 13.2. The highest BCUT2D eigenvalue weighted by molar-refractivity contribution is 6.31. The molecule has 28 heavy (non-hydrogen) atoms. The number of hydrogen-bond acceptors (Lipinski definition) is 3. The van der Waals surface area contributed by atoms with Crippen LogP contribution in [-0.4, -0.2) is 17.3 Å². The summed E-state index contributed by atoms with van der Waals surface area (Å²) in [7, 11) is 0. The minimum Gasteiger partial charge on any atom is -0.384 e. The molecular formula is C21H16ClF3N2O. The lowest BCUT2D eigenvalue weighted by atomic mass is 9.69. The third-order valence-corrected chi connectivity index (χ3v) is 5.36. The van der Waals surface area contributed by atoms with E-state index in [2.05, 4.69) is 10.3 Å². The van der Waals surface area contributed by atoms with Gasteiger partial charge in [-0.1, -0.05) is 41.9 Å². The Hall–Kier alpha value is -2.60. The molecule has 144 valence electrons. The van der Waals surface area contributed by atoms with Crippen molar-refractivity contribution in [2.75, 3.05) is 11.9 Å². The van der Waals surface area contributed by atoms with Crippen LogP contribution in [0.15, 0.2) is 54.6 Å². The quantitative estimate of drug-likeness (QED) is 0.607. The maximum Gasteiger partial charge on any atom is 0.433 e. The van der Waals surface area contributed by atoms with Crippen LogP contribution >= 0.6 is 11.6 Å². The molecular weight excluding hydrogens is 389 g/mol. The van der Waals surface area contributed by atoms with E-state index >= 15 is 0 Å². The van der Waals surface area contributed by atoms with Crippen LogP contribution in [0.5, 0.6) is 0 Å². The van der Waals surface area contributed by atoms with E-state index < -0.39 is 11.9 Å². The first-order valence-corrected chi connectivity index (χ1v) is 9.20. The Morgan fingerprint density at radius 2 is 1.86 bits per heavy atom.